The largest absolute Gasteiger partial charge is 0.377 e. The van der Waals surface area contributed by atoms with Gasteiger partial charge in [0.1, 0.15) is 0 Å². The summed E-state index contributed by atoms with van der Waals surface area (Å²) in [7, 11) is 0. The first kappa shape index (κ1) is 13.8. The molecule has 2 unspecified atom stereocenters. The third-order valence-corrected chi connectivity index (χ3v) is 5.46. The van der Waals surface area contributed by atoms with E-state index in [0.717, 1.165) is 13.2 Å². The van der Waals surface area contributed by atoms with E-state index >= 15 is 0 Å². The van der Waals surface area contributed by atoms with Crippen LogP contribution in [0, 0.1) is 0 Å². The molecule has 1 spiro atoms. The Kier molecular flexibility index (Phi) is 4.45. The lowest BCUT2D eigenvalue weighted by atomic mass is 9.81. The molecule has 3 fully saturated rings. The van der Waals surface area contributed by atoms with Gasteiger partial charge in [-0.05, 0) is 45.6 Å². The van der Waals surface area contributed by atoms with Crippen molar-refractivity contribution in [3.05, 3.63) is 0 Å². The minimum absolute atomic E-state index is 0.418. The van der Waals surface area contributed by atoms with Crippen molar-refractivity contribution >= 4 is 0 Å². The second kappa shape index (κ2) is 6.11. The Hall–Kier alpha value is -0.120. The van der Waals surface area contributed by atoms with Crippen molar-refractivity contribution in [2.75, 3.05) is 26.2 Å². The average molecular weight is 266 g/mol. The Morgan fingerprint density at radius 1 is 1.16 bits per heavy atom. The molecule has 2 aliphatic heterocycles. The summed E-state index contributed by atoms with van der Waals surface area (Å²) in [4.78, 5) is 2.72. The monoisotopic (exact) mass is 266 g/mol. The van der Waals surface area contributed by atoms with Gasteiger partial charge >= 0.3 is 0 Å². The smallest absolute Gasteiger partial charge is 0.0702 e. The van der Waals surface area contributed by atoms with Crippen molar-refractivity contribution in [3.63, 3.8) is 0 Å². The summed E-state index contributed by atoms with van der Waals surface area (Å²) in [6, 6.07) is 0.706. The van der Waals surface area contributed by atoms with Crippen LogP contribution in [0.25, 0.3) is 0 Å². The van der Waals surface area contributed by atoms with Crippen LogP contribution in [0.15, 0.2) is 0 Å². The molecule has 110 valence electrons. The number of ether oxygens (including phenoxy) is 1. The van der Waals surface area contributed by atoms with E-state index < -0.39 is 0 Å². The number of nitrogens with zero attached hydrogens (tertiary/aromatic N) is 1. The first-order chi connectivity index (χ1) is 9.27. The van der Waals surface area contributed by atoms with Crippen molar-refractivity contribution in [3.8, 4) is 0 Å². The van der Waals surface area contributed by atoms with Crippen molar-refractivity contribution < 1.29 is 4.74 Å². The van der Waals surface area contributed by atoms with Gasteiger partial charge < -0.3 is 10.1 Å². The summed E-state index contributed by atoms with van der Waals surface area (Å²) in [5, 5.41) is 3.90. The molecule has 2 saturated heterocycles. The van der Waals surface area contributed by atoms with Crippen LogP contribution in [0.5, 0.6) is 0 Å². The Balaban J connectivity index is 1.65. The van der Waals surface area contributed by atoms with Crippen molar-refractivity contribution in [2.45, 2.75) is 76.0 Å². The van der Waals surface area contributed by atoms with E-state index in [1.54, 1.807) is 0 Å². The highest BCUT2D eigenvalue weighted by atomic mass is 16.5. The summed E-state index contributed by atoms with van der Waals surface area (Å²) in [6.45, 7) is 6.98. The van der Waals surface area contributed by atoms with Crippen LogP contribution in [-0.4, -0.2) is 48.8 Å². The fourth-order valence-corrected chi connectivity index (χ4v) is 4.19. The molecule has 3 nitrogen and oxygen atoms in total. The molecule has 2 atom stereocenters. The Bertz CT molecular complexity index is 282. The summed E-state index contributed by atoms with van der Waals surface area (Å²) >= 11 is 0. The van der Waals surface area contributed by atoms with Crippen LogP contribution in [0.1, 0.15) is 58.3 Å². The molecule has 0 aromatic rings. The normalized spacial score (nSPS) is 36.5. The quantitative estimate of drug-likeness (QED) is 0.831. The SMILES string of the molecule is CC1CCNC2(CCCCC2)CN1CC1CCCO1. The van der Waals surface area contributed by atoms with E-state index in [0.29, 0.717) is 17.7 Å². The predicted octanol–water partition coefficient (Wildman–Crippen LogP) is 2.55. The second-order valence-electron chi connectivity index (χ2n) is 6.97. The van der Waals surface area contributed by atoms with Crippen molar-refractivity contribution in [1.82, 2.24) is 10.2 Å². The van der Waals surface area contributed by atoms with E-state index in [9.17, 15) is 0 Å². The highest BCUT2D eigenvalue weighted by Gasteiger charge is 2.37. The molecule has 3 rings (SSSR count). The molecule has 2 heterocycles. The van der Waals surface area contributed by atoms with Crippen LogP contribution >= 0.6 is 0 Å². The minimum atomic E-state index is 0.418. The molecule has 3 heteroatoms. The molecule has 3 aliphatic rings. The lowest BCUT2D eigenvalue weighted by molar-refractivity contribution is 0.0472. The van der Waals surface area contributed by atoms with Crippen LogP contribution < -0.4 is 5.32 Å². The molecular weight excluding hydrogens is 236 g/mol. The van der Waals surface area contributed by atoms with Crippen LogP contribution in [-0.2, 0) is 4.74 Å². The van der Waals surface area contributed by atoms with E-state index in [2.05, 4.69) is 17.1 Å². The van der Waals surface area contributed by atoms with Gasteiger partial charge in [0.2, 0.25) is 0 Å². The van der Waals surface area contributed by atoms with Gasteiger partial charge in [-0.25, -0.2) is 0 Å². The maximum Gasteiger partial charge on any atom is 0.0702 e. The molecular formula is C16H30N2O. The van der Waals surface area contributed by atoms with Crippen LogP contribution in [0.2, 0.25) is 0 Å². The first-order valence-electron chi connectivity index (χ1n) is 8.38. The van der Waals surface area contributed by atoms with Gasteiger partial charge in [0.05, 0.1) is 6.10 Å². The number of hydrogen-bond donors (Lipinski definition) is 1. The van der Waals surface area contributed by atoms with Crippen molar-refractivity contribution in [2.24, 2.45) is 0 Å². The molecule has 0 bridgehead atoms. The molecule has 1 aliphatic carbocycles. The Morgan fingerprint density at radius 3 is 2.74 bits per heavy atom. The third kappa shape index (κ3) is 3.32. The molecule has 0 aromatic carbocycles. The van der Waals surface area contributed by atoms with Gasteiger partial charge in [0, 0.05) is 31.3 Å². The number of nitrogens with one attached hydrogen (secondary N) is 1. The van der Waals surface area contributed by atoms with E-state index in [4.69, 9.17) is 4.74 Å². The zero-order chi connectivity index (χ0) is 13.1. The zero-order valence-electron chi connectivity index (χ0n) is 12.5. The van der Waals surface area contributed by atoms with Gasteiger partial charge in [-0.2, -0.15) is 0 Å². The summed E-state index contributed by atoms with van der Waals surface area (Å²) < 4.78 is 5.86. The molecule has 0 amide bonds. The van der Waals surface area contributed by atoms with Gasteiger partial charge in [-0.15, -0.1) is 0 Å². The van der Waals surface area contributed by atoms with Crippen LogP contribution in [0.3, 0.4) is 0 Å². The van der Waals surface area contributed by atoms with Crippen LogP contribution in [0.4, 0.5) is 0 Å². The summed E-state index contributed by atoms with van der Waals surface area (Å²) in [5.41, 5.74) is 0.418. The fraction of sp³-hybridized carbons (Fsp3) is 1.00. The lowest BCUT2D eigenvalue weighted by Gasteiger charge is -2.41. The van der Waals surface area contributed by atoms with Gasteiger partial charge in [0.15, 0.2) is 0 Å². The molecule has 0 aromatic heterocycles. The van der Waals surface area contributed by atoms with Gasteiger partial charge in [-0.1, -0.05) is 19.3 Å². The third-order valence-electron chi connectivity index (χ3n) is 5.46. The lowest BCUT2D eigenvalue weighted by Crippen LogP contribution is -2.54. The van der Waals surface area contributed by atoms with Gasteiger partial charge in [-0.3, -0.25) is 4.90 Å². The van der Waals surface area contributed by atoms with E-state index in [1.807, 2.05) is 0 Å². The molecule has 0 radical (unpaired) electrons. The maximum atomic E-state index is 5.86. The molecule has 1 N–H and O–H groups in total. The standard InChI is InChI=1S/C16H30N2O/c1-14-7-10-17-16(8-3-2-4-9-16)13-18(14)12-15-6-5-11-19-15/h14-15,17H,2-13H2,1H3. The highest BCUT2D eigenvalue weighted by Crippen LogP contribution is 2.32. The maximum absolute atomic E-state index is 5.86. The van der Waals surface area contributed by atoms with Gasteiger partial charge in [0.25, 0.3) is 0 Å². The topological polar surface area (TPSA) is 24.5 Å². The first-order valence-corrected chi connectivity index (χ1v) is 8.38. The molecule has 1 saturated carbocycles. The second-order valence-corrected chi connectivity index (χ2v) is 6.97. The number of rotatable bonds is 2. The highest BCUT2D eigenvalue weighted by molar-refractivity contribution is 4.97. The Morgan fingerprint density at radius 2 is 2.00 bits per heavy atom. The van der Waals surface area contributed by atoms with E-state index in [-0.39, 0.29) is 0 Å². The molecule has 19 heavy (non-hydrogen) atoms. The predicted molar refractivity (Wildman–Crippen MR) is 78.4 cm³/mol. The van der Waals surface area contributed by atoms with E-state index in [1.165, 1.54) is 64.5 Å². The Labute approximate surface area is 118 Å². The summed E-state index contributed by atoms with van der Waals surface area (Å²) in [6.07, 6.45) is 11.3. The minimum Gasteiger partial charge on any atom is -0.377 e. The van der Waals surface area contributed by atoms with Crippen molar-refractivity contribution in [1.29, 1.82) is 0 Å². The fourth-order valence-electron chi connectivity index (χ4n) is 4.19. The average Bonchev–Trinajstić information content (AvgIpc) is 2.87. The number of hydrogen-bond acceptors (Lipinski definition) is 3. The zero-order valence-corrected chi connectivity index (χ0v) is 12.5. The summed E-state index contributed by atoms with van der Waals surface area (Å²) in [5.74, 6) is 0.